The van der Waals surface area contributed by atoms with Crippen molar-refractivity contribution in [3.05, 3.63) is 72.2 Å². The van der Waals surface area contributed by atoms with E-state index in [0.717, 1.165) is 12.1 Å². The summed E-state index contributed by atoms with van der Waals surface area (Å²) in [5.74, 6) is 0. The molecule has 0 fully saturated rings. The highest BCUT2D eigenvalue weighted by Gasteiger charge is 2.13. The van der Waals surface area contributed by atoms with Gasteiger partial charge in [-0.2, -0.15) is 0 Å². The lowest BCUT2D eigenvalue weighted by Crippen LogP contribution is -2.22. The Labute approximate surface area is 118 Å². The van der Waals surface area contributed by atoms with E-state index in [2.05, 4.69) is 34.3 Å². The Balaban J connectivity index is 2.05. The van der Waals surface area contributed by atoms with E-state index in [4.69, 9.17) is 0 Å². The highest BCUT2D eigenvalue weighted by atomic mass is 14.9. The van der Waals surface area contributed by atoms with Crippen LogP contribution in [0, 0.1) is 0 Å². The van der Waals surface area contributed by atoms with Crippen molar-refractivity contribution in [2.24, 2.45) is 0 Å². The molecule has 1 unspecified atom stereocenters. The fourth-order valence-corrected chi connectivity index (χ4v) is 2.43. The molecular weight excluding hydrogens is 246 g/mol. The molecule has 0 amide bonds. The van der Waals surface area contributed by atoms with Crippen LogP contribution in [0.3, 0.4) is 0 Å². The molecule has 1 N–H and O–H groups in total. The van der Waals surface area contributed by atoms with Crippen LogP contribution < -0.4 is 5.32 Å². The van der Waals surface area contributed by atoms with Crippen molar-refractivity contribution < 1.29 is 0 Å². The first-order valence-corrected chi connectivity index (χ1v) is 6.86. The van der Waals surface area contributed by atoms with E-state index >= 15 is 0 Å². The maximum atomic E-state index is 4.55. The number of benzene rings is 1. The molecule has 0 bridgehead atoms. The van der Waals surface area contributed by atoms with Crippen LogP contribution in [0.2, 0.25) is 0 Å². The predicted octanol–water partition coefficient (Wildman–Crippen LogP) is 3.33. The van der Waals surface area contributed by atoms with Crippen LogP contribution >= 0.6 is 0 Å². The second-order valence-electron chi connectivity index (χ2n) is 4.73. The third-order valence-electron chi connectivity index (χ3n) is 3.39. The number of hydrogen-bond acceptors (Lipinski definition) is 3. The van der Waals surface area contributed by atoms with Gasteiger partial charge in [0.05, 0.1) is 11.6 Å². The molecule has 1 aromatic carbocycles. The lowest BCUT2D eigenvalue weighted by molar-refractivity contribution is 0.629. The molecule has 3 heteroatoms. The van der Waals surface area contributed by atoms with Gasteiger partial charge < -0.3 is 5.32 Å². The minimum atomic E-state index is 0.153. The molecule has 0 saturated carbocycles. The zero-order valence-corrected chi connectivity index (χ0v) is 11.5. The Morgan fingerprint density at radius 1 is 1.05 bits per heavy atom. The summed E-state index contributed by atoms with van der Waals surface area (Å²) in [6.45, 7) is 3.02. The lowest BCUT2D eigenvalue weighted by atomic mass is 10.00. The molecule has 0 aliphatic heterocycles. The zero-order valence-electron chi connectivity index (χ0n) is 11.5. The van der Waals surface area contributed by atoms with Crippen LogP contribution in [0.15, 0.2) is 61.1 Å². The number of aromatic nitrogens is 2. The number of nitrogens with one attached hydrogen (secondary N) is 1. The van der Waals surface area contributed by atoms with E-state index < -0.39 is 0 Å². The standard InChI is InChI=1S/C17H17N3/c1-2-19-17(13-7-9-18-10-8-13)15-11-14-5-3-4-6-16(14)20-12-15/h3-12,17,19H,2H2,1H3. The summed E-state index contributed by atoms with van der Waals surface area (Å²) in [7, 11) is 0. The highest BCUT2D eigenvalue weighted by molar-refractivity contribution is 5.78. The summed E-state index contributed by atoms with van der Waals surface area (Å²) < 4.78 is 0. The fourth-order valence-electron chi connectivity index (χ4n) is 2.43. The summed E-state index contributed by atoms with van der Waals surface area (Å²) in [5, 5.41) is 4.68. The molecule has 0 spiro atoms. The van der Waals surface area contributed by atoms with E-state index in [1.807, 2.05) is 48.9 Å². The maximum Gasteiger partial charge on any atom is 0.0702 e. The fraction of sp³-hybridized carbons (Fsp3) is 0.176. The van der Waals surface area contributed by atoms with E-state index in [1.165, 1.54) is 16.5 Å². The Kier molecular flexibility index (Phi) is 3.70. The van der Waals surface area contributed by atoms with Crippen LogP contribution in [0.1, 0.15) is 24.1 Å². The van der Waals surface area contributed by atoms with Crippen LogP contribution in [0.25, 0.3) is 10.9 Å². The average molecular weight is 263 g/mol. The van der Waals surface area contributed by atoms with E-state index in [-0.39, 0.29) is 6.04 Å². The number of fused-ring (bicyclic) bond motifs is 1. The third-order valence-corrected chi connectivity index (χ3v) is 3.39. The van der Waals surface area contributed by atoms with Crippen LogP contribution in [0.4, 0.5) is 0 Å². The van der Waals surface area contributed by atoms with E-state index in [0.29, 0.717) is 0 Å². The molecule has 0 aliphatic carbocycles. The van der Waals surface area contributed by atoms with E-state index in [9.17, 15) is 0 Å². The molecule has 3 aromatic rings. The van der Waals surface area contributed by atoms with Gasteiger partial charge >= 0.3 is 0 Å². The van der Waals surface area contributed by atoms with Crippen molar-refractivity contribution in [2.75, 3.05) is 6.54 Å². The van der Waals surface area contributed by atoms with Crippen LogP contribution in [-0.2, 0) is 0 Å². The van der Waals surface area contributed by atoms with Crippen molar-refractivity contribution in [3.63, 3.8) is 0 Å². The van der Waals surface area contributed by atoms with Crippen LogP contribution in [0.5, 0.6) is 0 Å². The number of nitrogens with zero attached hydrogens (tertiary/aromatic N) is 2. The molecule has 0 radical (unpaired) electrons. The predicted molar refractivity (Wildman–Crippen MR) is 81.5 cm³/mol. The van der Waals surface area contributed by atoms with Gasteiger partial charge in [-0.25, -0.2) is 0 Å². The molecule has 0 aliphatic rings. The number of hydrogen-bond donors (Lipinski definition) is 1. The average Bonchev–Trinajstić information content (AvgIpc) is 2.53. The van der Waals surface area contributed by atoms with Gasteiger partial charge in [-0.15, -0.1) is 0 Å². The summed E-state index contributed by atoms with van der Waals surface area (Å²) in [6.07, 6.45) is 5.61. The summed E-state index contributed by atoms with van der Waals surface area (Å²) >= 11 is 0. The van der Waals surface area contributed by atoms with Gasteiger partial charge in [-0.05, 0) is 41.9 Å². The van der Waals surface area contributed by atoms with Gasteiger partial charge in [0.15, 0.2) is 0 Å². The number of para-hydroxylation sites is 1. The van der Waals surface area contributed by atoms with Crippen molar-refractivity contribution in [1.82, 2.24) is 15.3 Å². The largest absolute Gasteiger partial charge is 0.306 e. The van der Waals surface area contributed by atoms with Gasteiger partial charge in [-0.1, -0.05) is 25.1 Å². The molecule has 2 aromatic heterocycles. The smallest absolute Gasteiger partial charge is 0.0702 e. The first-order valence-electron chi connectivity index (χ1n) is 6.86. The summed E-state index contributed by atoms with van der Waals surface area (Å²) in [5.41, 5.74) is 3.41. The zero-order chi connectivity index (χ0) is 13.8. The number of pyridine rings is 2. The topological polar surface area (TPSA) is 37.8 Å². The normalized spacial score (nSPS) is 12.4. The Morgan fingerprint density at radius 3 is 2.65 bits per heavy atom. The first kappa shape index (κ1) is 12.8. The summed E-state index contributed by atoms with van der Waals surface area (Å²) in [6, 6.07) is 14.6. The van der Waals surface area contributed by atoms with Gasteiger partial charge in [0.1, 0.15) is 0 Å². The SMILES string of the molecule is CCNC(c1ccncc1)c1cnc2ccccc2c1. The van der Waals surface area contributed by atoms with Gasteiger partial charge in [0.25, 0.3) is 0 Å². The van der Waals surface area contributed by atoms with E-state index in [1.54, 1.807) is 0 Å². The molecule has 2 heterocycles. The second-order valence-corrected chi connectivity index (χ2v) is 4.73. The quantitative estimate of drug-likeness (QED) is 0.784. The minimum Gasteiger partial charge on any atom is -0.306 e. The molecule has 1 atom stereocenters. The third kappa shape index (κ3) is 2.53. The molecule has 20 heavy (non-hydrogen) atoms. The molecule has 3 rings (SSSR count). The van der Waals surface area contributed by atoms with Crippen molar-refractivity contribution in [1.29, 1.82) is 0 Å². The number of rotatable bonds is 4. The maximum absolute atomic E-state index is 4.55. The minimum absolute atomic E-state index is 0.153. The van der Waals surface area contributed by atoms with Gasteiger partial charge in [0.2, 0.25) is 0 Å². The van der Waals surface area contributed by atoms with Crippen molar-refractivity contribution in [2.45, 2.75) is 13.0 Å². The Bertz CT molecular complexity index is 695. The molecule has 0 saturated heterocycles. The molecule has 100 valence electrons. The Morgan fingerprint density at radius 2 is 1.85 bits per heavy atom. The highest BCUT2D eigenvalue weighted by Crippen LogP contribution is 2.23. The van der Waals surface area contributed by atoms with Crippen molar-refractivity contribution in [3.8, 4) is 0 Å². The van der Waals surface area contributed by atoms with Gasteiger partial charge in [-0.3, -0.25) is 9.97 Å². The van der Waals surface area contributed by atoms with Crippen LogP contribution in [-0.4, -0.2) is 16.5 Å². The van der Waals surface area contributed by atoms with Crippen molar-refractivity contribution >= 4 is 10.9 Å². The molecular formula is C17H17N3. The lowest BCUT2D eigenvalue weighted by Gasteiger charge is -2.18. The second kappa shape index (κ2) is 5.80. The first-order chi connectivity index (χ1) is 9.88. The Hall–Kier alpha value is -2.26. The monoisotopic (exact) mass is 263 g/mol. The van der Waals surface area contributed by atoms with Gasteiger partial charge in [0, 0.05) is 24.0 Å². The molecule has 3 nitrogen and oxygen atoms in total. The summed E-state index contributed by atoms with van der Waals surface area (Å²) in [4.78, 5) is 8.64.